The molecule has 2 N–H and O–H groups in total. The third kappa shape index (κ3) is 5.17. The fraction of sp³-hybridized carbons (Fsp3) is 0.692. The van der Waals surface area contributed by atoms with Crippen molar-refractivity contribution in [3.05, 3.63) is 22.4 Å². The molecule has 0 amide bonds. The van der Waals surface area contributed by atoms with Crippen molar-refractivity contribution in [2.45, 2.75) is 32.4 Å². The van der Waals surface area contributed by atoms with Gasteiger partial charge in [-0.15, -0.1) is 11.3 Å². The van der Waals surface area contributed by atoms with Crippen molar-refractivity contribution in [1.29, 1.82) is 0 Å². The number of aliphatic hydroxyl groups is 1. The summed E-state index contributed by atoms with van der Waals surface area (Å²) in [5, 5.41) is 15.2. The number of likely N-dealkylation sites (N-methyl/N-ethyl adjacent to an activating group) is 1. The minimum atomic E-state index is -0.371. The Morgan fingerprint density at radius 3 is 2.88 bits per heavy atom. The molecule has 0 saturated heterocycles. The second kappa shape index (κ2) is 7.82. The Bertz CT molecular complexity index is 290. The molecule has 1 aromatic heterocycles. The second-order valence-electron chi connectivity index (χ2n) is 4.47. The molecule has 0 fully saturated rings. The number of hydrogen-bond acceptors (Lipinski definition) is 4. The summed E-state index contributed by atoms with van der Waals surface area (Å²) in [4.78, 5) is 3.37. The molecule has 2 unspecified atom stereocenters. The van der Waals surface area contributed by atoms with Crippen molar-refractivity contribution >= 4 is 11.3 Å². The molecule has 0 bridgehead atoms. The first-order chi connectivity index (χ1) is 8.15. The van der Waals surface area contributed by atoms with Crippen LogP contribution in [0.1, 0.15) is 31.2 Å². The van der Waals surface area contributed by atoms with Crippen molar-refractivity contribution in [3.63, 3.8) is 0 Å². The molecule has 3 nitrogen and oxygen atoms in total. The van der Waals surface area contributed by atoms with Crippen LogP contribution in [-0.2, 0) is 0 Å². The highest BCUT2D eigenvalue weighted by atomic mass is 32.1. The maximum atomic E-state index is 9.86. The predicted molar refractivity (Wildman–Crippen MR) is 74.5 cm³/mol. The predicted octanol–water partition coefficient (Wildman–Crippen LogP) is 2.10. The van der Waals surface area contributed by atoms with Gasteiger partial charge in [0.1, 0.15) is 6.10 Å². The SMILES string of the molecule is CCC(C)N(C)CCNCC(O)c1cccs1. The van der Waals surface area contributed by atoms with Gasteiger partial charge in [-0.1, -0.05) is 13.0 Å². The first-order valence-electron chi connectivity index (χ1n) is 6.27. The highest BCUT2D eigenvalue weighted by Gasteiger charge is 2.09. The number of nitrogens with one attached hydrogen (secondary N) is 1. The van der Waals surface area contributed by atoms with Crippen LogP contribution < -0.4 is 5.32 Å². The van der Waals surface area contributed by atoms with Gasteiger partial charge in [-0.3, -0.25) is 0 Å². The van der Waals surface area contributed by atoms with Crippen molar-refractivity contribution in [1.82, 2.24) is 10.2 Å². The molecule has 0 aromatic carbocycles. The van der Waals surface area contributed by atoms with Crippen LogP contribution in [-0.4, -0.2) is 42.7 Å². The summed E-state index contributed by atoms with van der Waals surface area (Å²) in [5.41, 5.74) is 0. The van der Waals surface area contributed by atoms with E-state index in [2.05, 4.69) is 31.1 Å². The van der Waals surface area contributed by atoms with E-state index in [4.69, 9.17) is 0 Å². The number of thiophene rings is 1. The molecule has 0 aliphatic heterocycles. The first-order valence-corrected chi connectivity index (χ1v) is 7.15. The molecule has 98 valence electrons. The molecule has 0 aliphatic carbocycles. The summed E-state index contributed by atoms with van der Waals surface area (Å²) in [5.74, 6) is 0. The van der Waals surface area contributed by atoms with Gasteiger partial charge in [0.15, 0.2) is 0 Å². The van der Waals surface area contributed by atoms with E-state index >= 15 is 0 Å². The molecular formula is C13H24N2OS. The molecule has 0 radical (unpaired) electrons. The van der Waals surface area contributed by atoms with Gasteiger partial charge in [0.2, 0.25) is 0 Å². The maximum absolute atomic E-state index is 9.86. The second-order valence-corrected chi connectivity index (χ2v) is 5.45. The lowest BCUT2D eigenvalue weighted by Crippen LogP contribution is -2.36. The smallest absolute Gasteiger partial charge is 0.101 e. The summed E-state index contributed by atoms with van der Waals surface area (Å²) in [6.45, 7) is 7.01. The average Bonchev–Trinajstić information content (AvgIpc) is 2.86. The Morgan fingerprint density at radius 2 is 2.29 bits per heavy atom. The minimum absolute atomic E-state index is 0.371. The fourth-order valence-corrected chi connectivity index (χ4v) is 2.32. The number of nitrogens with zero attached hydrogens (tertiary/aromatic N) is 1. The van der Waals surface area contributed by atoms with Gasteiger partial charge in [-0.25, -0.2) is 0 Å². The van der Waals surface area contributed by atoms with Crippen LogP contribution >= 0.6 is 11.3 Å². The Kier molecular flexibility index (Phi) is 6.73. The van der Waals surface area contributed by atoms with Crippen LogP contribution in [0.4, 0.5) is 0 Å². The zero-order chi connectivity index (χ0) is 12.7. The lowest BCUT2D eigenvalue weighted by molar-refractivity contribution is 0.174. The highest BCUT2D eigenvalue weighted by molar-refractivity contribution is 7.10. The van der Waals surface area contributed by atoms with Crippen LogP contribution in [0.5, 0.6) is 0 Å². The Balaban J connectivity index is 2.12. The van der Waals surface area contributed by atoms with Crippen molar-refractivity contribution in [3.8, 4) is 0 Å². The molecule has 1 heterocycles. The molecule has 2 atom stereocenters. The van der Waals surface area contributed by atoms with E-state index in [9.17, 15) is 5.11 Å². The van der Waals surface area contributed by atoms with Gasteiger partial charge in [0, 0.05) is 30.6 Å². The molecule has 0 aliphatic rings. The third-order valence-corrected chi connectivity index (χ3v) is 4.17. The van der Waals surface area contributed by atoms with Gasteiger partial charge < -0.3 is 15.3 Å². The first kappa shape index (κ1) is 14.6. The van der Waals surface area contributed by atoms with Gasteiger partial charge in [0.25, 0.3) is 0 Å². The van der Waals surface area contributed by atoms with E-state index in [0.29, 0.717) is 12.6 Å². The van der Waals surface area contributed by atoms with Gasteiger partial charge in [-0.05, 0) is 31.8 Å². The summed E-state index contributed by atoms with van der Waals surface area (Å²) in [6.07, 6.45) is 0.804. The van der Waals surface area contributed by atoms with Crippen LogP contribution in [0, 0.1) is 0 Å². The van der Waals surface area contributed by atoms with Crippen molar-refractivity contribution in [2.75, 3.05) is 26.7 Å². The van der Waals surface area contributed by atoms with E-state index < -0.39 is 0 Å². The van der Waals surface area contributed by atoms with Crippen LogP contribution in [0.25, 0.3) is 0 Å². The number of aliphatic hydroxyl groups excluding tert-OH is 1. The van der Waals surface area contributed by atoms with E-state index in [-0.39, 0.29) is 6.10 Å². The van der Waals surface area contributed by atoms with E-state index in [1.54, 1.807) is 11.3 Å². The molecule has 1 rings (SSSR count). The topological polar surface area (TPSA) is 35.5 Å². The fourth-order valence-electron chi connectivity index (χ4n) is 1.61. The summed E-state index contributed by atoms with van der Waals surface area (Å²) >= 11 is 1.60. The molecule has 1 aromatic rings. The zero-order valence-corrected chi connectivity index (χ0v) is 11.8. The molecule has 0 spiro atoms. The highest BCUT2D eigenvalue weighted by Crippen LogP contribution is 2.17. The largest absolute Gasteiger partial charge is 0.386 e. The van der Waals surface area contributed by atoms with Gasteiger partial charge >= 0.3 is 0 Å². The number of rotatable bonds is 8. The minimum Gasteiger partial charge on any atom is -0.386 e. The monoisotopic (exact) mass is 256 g/mol. The summed E-state index contributed by atoms with van der Waals surface area (Å²) in [7, 11) is 2.14. The van der Waals surface area contributed by atoms with Crippen molar-refractivity contribution < 1.29 is 5.11 Å². The third-order valence-electron chi connectivity index (χ3n) is 3.19. The van der Waals surface area contributed by atoms with Crippen LogP contribution in [0.15, 0.2) is 17.5 Å². The molecule has 4 heteroatoms. The van der Waals surface area contributed by atoms with E-state index in [1.165, 1.54) is 6.42 Å². The lowest BCUT2D eigenvalue weighted by Gasteiger charge is -2.23. The van der Waals surface area contributed by atoms with Crippen LogP contribution in [0.2, 0.25) is 0 Å². The Hall–Kier alpha value is -0.420. The zero-order valence-electron chi connectivity index (χ0n) is 11.0. The lowest BCUT2D eigenvalue weighted by atomic mass is 10.2. The van der Waals surface area contributed by atoms with Gasteiger partial charge in [-0.2, -0.15) is 0 Å². The maximum Gasteiger partial charge on any atom is 0.101 e. The normalized spacial score (nSPS) is 15.1. The number of hydrogen-bond donors (Lipinski definition) is 2. The molecule has 17 heavy (non-hydrogen) atoms. The van der Waals surface area contributed by atoms with E-state index in [1.807, 2.05) is 17.5 Å². The van der Waals surface area contributed by atoms with E-state index in [0.717, 1.165) is 18.0 Å². The standard InChI is InChI=1S/C13H24N2OS/c1-4-11(2)15(3)8-7-14-10-12(16)13-6-5-9-17-13/h5-6,9,11-12,14,16H,4,7-8,10H2,1-3H3. The quantitative estimate of drug-likeness (QED) is 0.699. The Labute approximate surface area is 108 Å². The summed E-state index contributed by atoms with van der Waals surface area (Å²) in [6, 6.07) is 4.57. The molecule has 0 saturated carbocycles. The summed E-state index contributed by atoms with van der Waals surface area (Å²) < 4.78 is 0. The van der Waals surface area contributed by atoms with Crippen molar-refractivity contribution in [2.24, 2.45) is 0 Å². The Morgan fingerprint density at radius 1 is 1.53 bits per heavy atom. The van der Waals surface area contributed by atoms with Crippen LogP contribution in [0.3, 0.4) is 0 Å². The molecular weight excluding hydrogens is 232 g/mol. The average molecular weight is 256 g/mol. The van der Waals surface area contributed by atoms with Gasteiger partial charge in [0.05, 0.1) is 0 Å².